The third kappa shape index (κ3) is 3.32. The molecule has 4 heteroatoms. The quantitative estimate of drug-likeness (QED) is 0.767. The van der Waals surface area contributed by atoms with Gasteiger partial charge in [-0.05, 0) is 31.5 Å². The lowest BCUT2D eigenvalue weighted by molar-refractivity contribution is 0.0929. The first-order valence-corrected chi connectivity index (χ1v) is 5.06. The number of amides is 1. The highest BCUT2D eigenvalue weighted by Crippen LogP contribution is 2.02. The van der Waals surface area contributed by atoms with Gasteiger partial charge in [0, 0.05) is 24.0 Å². The van der Waals surface area contributed by atoms with Crippen molar-refractivity contribution in [2.75, 3.05) is 6.54 Å². The van der Waals surface area contributed by atoms with Gasteiger partial charge in [-0.3, -0.25) is 9.78 Å². The molecule has 0 aliphatic rings. The molecule has 0 radical (unpaired) electrons. The normalized spacial score (nSPS) is 14.3. The summed E-state index contributed by atoms with van der Waals surface area (Å²) in [5.74, 6) is 0.195. The maximum atomic E-state index is 11.7. The number of hydrogen-bond acceptors (Lipinski definition) is 3. The van der Waals surface area contributed by atoms with Gasteiger partial charge in [0.15, 0.2) is 0 Å². The van der Waals surface area contributed by atoms with E-state index in [-0.39, 0.29) is 17.9 Å². The molecule has 0 saturated heterocycles. The van der Waals surface area contributed by atoms with E-state index in [1.165, 1.54) is 0 Å². The molecule has 0 aromatic carbocycles. The average Bonchev–Trinajstić information content (AvgIpc) is 2.29. The zero-order valence-electron chi connectivity index (χ0n) is 9.10. The van der Waals surface area contributed by atoms with Crippen molar-refractivity contribution >= 4 is 5.91 Å². The lowest BCUT2D eigenvalue weighted by Crippen LogP contribution is -2.39. The summed E-state index contributed by atoms with van der Waals surface area (Å²) in [6.07, 6.45) is 3.21. The molecule has 2 atom stereocenters. The highest BCUT2D eigenvalue weighted by atomic mass is 16.1. The molecule has 1 aromatic rings. The molecule has 1 rings (SSSR count). The van der Waals surface area contributed by atoms with Crippen molar-refractivity contribution < 1.29 is 4.79 Å². The van der Waals surface area contributed by atoms with Crippen molar-refractivity contribution in [1.29, 1.82) is 0 Å². The summed E-state index contributed by atoms with van der Waals surface area (Å²) < 4.78 is 0. The Bertz CT molecular complexity index is 313. The van der Waals surface area contributed by atoms with Crippen molar-refractivity contribution in [3.63, 3.8) is 0 Å². The zero-order chi connectivity index (χ0) is 11.3. The smallest absolute Gasteiger partial charge is 0.251 e. The van der Waals surface area contributed by atoms with Crippen molar-refractivity contribution in [3.05, 3.63) is 30.1 Å². The van der Waals surface area contributed by atoms with Crippen LogP contribution in [0.3, 0.4) is 0 Å². The third-order valence-electron chi connectivity index (χ3n) is 2.53. The maximum Gasteiger partial charge on any atom is 0.251 e. The third-order valence-corrected chi connectivity index (χ3v) is 2.53. The van der Waals surface area contributed by atoms with E-state index in [2.05, 4.69) is 10.3 Å². The molecule has 2 unspecified atom stereocenters. The molecule has 0 saturated carbocycles. The molecule has 82 valence electrons. The monoisotopic (exact) mass is 207 g/mol. The molecule has 1 amide bonds. The summed E-state index contributed by atoms with van der Waals surface area (Å²) >= 11 is 0. The zero-order valence-corrected chi connectivity index (χ0v) is 9.10. The van der Waals surface area contributed by atoms with Crippen LogP contribution in [0, 0.1) is 5.92 Å². The summed E-state index contributed by atoms with van der Waals surface area (Å²) in [7, 11) is 0. The fourth-order valence-corrected chi connectivity index (χ4v) is 1.14. The van der Waals surface area contributed by atoms with Gasteiger partial charge >= 0.3 is 0 Å². The van der Waals surface area contributed by atoms with Gasteiger partial charge in [-0.2, -0.15) is 0 Å². The van der Waals surface area contributed by atoms with Gasteiger partial charge in [0.05, 0.1) is 0 Å². The second-order valence-electron chi connectivity index (χ2n) is 3.71. The lowest BCUT2D eigenvalue weighted by atomic mass is 10.0. The highest BCUT2D eigenvalue weighted by Gasteiger charge is 2.13. The molecule has 0 aliphatic carbocycles. The minimum absolute atomic E-state index is 0.0785. The number of pyridine rings is 1. The van der Waals surface area contributed by atoms with Crippen LogP contribution >= 0.6 is 0 Å². The summed E-state index contributed by atoms with van der Waals surface area (Å²) in [6, 6.07) is 3.46. The minimum Gasteiger partial charge on any atom is -0.349 e. The Hall–Kier alpha value is -1.42. The van der Waals surface area contributed by atoms with E-state index in [1.807, 2.05) is 13.8 Å². The van der Waals surface area contributed by atoms with Crippen molar-refractivity contribution in [1.82, 2.24) is 10.3 Å². The molecule has 0 aliphatic heterocycles. The number of carbonyl (C=O) groups is 1. The fraction of sp³-hybridized carbons (Fsp3) is 0.455. The number of carbonyl (C=O) groups excluding carboxylic acids is 1. The SMILES string of the molecule is CC(CN)C(C)NC(=O)c1ccncc1. The van der Waals surface area contributed by atoms with Gasteiger partial charge in [0.1, 0.15) is 0 Å². The van der Waals surface area contributed by atoms with Crippen molar-refractivity contribution in [3.8, 4) is 0 Å². The first-order valence-electron chi connectivity index (χ1n) is 5.06. The van der Waals surface area contributed by atoms with Crippen LogP contribution in [-0.2, 0) is 0 Å². The van der Waals surface area contributed by atoms with Gasteiger partial charge in [-0.1, -0.05) is 6.92 Å². The molecule has 1 aromatic heterocycles. The van der Waals surface area contributed by atoms with E-state index in [0.29, 0.717) is 12.1 Å². The molecule has 0 fully saturated rings. The van der Waals surface area contributed by atoms with Gasteiger partial charge in [-0.25, -0.2) is 0 Å². The second kappa shape index (κ2) is 5.46. The number of aromatic nitrogens is 1. The Morgan fingerprint density at radius 1 is 1.47 bits per heavy atom. The predicted molar refractivity (Wildman–Crippen MR) is 59.4 cm³/mol. The topological polar surface area (TPSA) is 68.0 Å². The standard InChI is InChI=1S/C11H17N3O/c1-8(7-12)9(2)14-11(15)10-3-5-13-6-4-10/h3-6,8-9H,7,12H2,1-2H3,(H,14,15). The van der Waals surface area contributed by atoms with Crippen LogP contribution in [0.5, 0.6) is 0 Å². The Morgan fingerprint density at radius 3 is 2.60 bits per heavy atom. The van der Waals surface area contributed by atoms with Crippen LogP contribution in [0.1, 0.15) is 24.2 Å². The molecule has 3 N–H and O–H groups in total. The van der Waals surface area contributed by atoms with Crippen LogP contribution in [0.15, 0.2) is 24.5 Å². The number of hydrogen-bond donors (Lipinski definition) is 2. The Morgan fingerprint density at radius 2 is 2.07 bits per heavy atom. The number of nitrogens with one attached hydrogen (secondary N) is 1. The minimum atomic E-state index is -0.0785. The van der Waals surface area contributed by atoms with Crippen LogP contribution in [0.25, 0.3) is 0 Å². The Balaban J connectivity index is 2.57. The van der Waals surface area contributed by atoms with Crippen molar-refractivity contribution in [2.45, 2.75) is 19.9 Å². The summed E-state index contributed by atoms with van der Waals surface area (Å²) in [4.78, 5) is 15.6. The first kappa shape index (κ1) is 11.7. The molecule has 1 heterocycles. The number of nitrogens with two attached hydrogens (primary N) is 1. The van der Waals surface area contributed by atoms with Crippen molar-refractivity contribution in [2.24, 2.45) is 11.7 Å². The largest absolute Gasteiger partial charge is 0.349 e. The van der Waals surface area contributed by atoms with E-state index in [4.69, 9.17) is 5.73 Å². The average molecular weight is 207 g/mol. The van der Waals surface area contributed by atoms with E-state index in [0.717, 1.165) is 0 Å². The fourth-order valence-electron chi connectivity index (χ4n) is 1.14. The van der Waals surface area contributed by atoms with E-state index in [9.17, 15) is 4.79 Å². The molecule has 0 spiro atoms. The molecule has 15 heavy (non-hydrogen) atoms. The van der Waals surface area contributed by atoms with Crippen LogP contribution < -0.4 is 11.1 Å². The summed E-state index contributed by atoms with van der Waals surface area (Å²) in [6.45, 7) is 4.53. The van der Waals surface area contributed by atoms with Crippen LogP contribution in [-0.4, -0.2) is 23.5 Å². The Labute approximate surface area is 89.9 Å². The first-order chi connectivity index (χ1) is 7.15. The molecular formula is C11H17N3O. The van der Waals surface area contributed by atoms with E-state index >= 15 is 0 Å². The van der Waals surface area contributed by atoms with Gasteiger partial charge < -0.3 is 11.1 Å². The lowest BCUT2D eigenvalue weighted by Gasteiger charge is -2.19. The van der Waals surface area contributed by atoms with Gasteiger partial charge in [0.2, 0.25) is 0 Å². The van der Waals surface area contributed by atoms with E-state index in [1.54, 1.807) is 24.5 Å². The highest BCUT2D eigenvalue weighted by molar-refractivity contribution is 5.94. The number of nitrogens with zero attached hydrogens (tertiary/aromatic N) is 1. The molecular weight excluding hydrogens is 190 g/mol. The Kier molecular flexibility index (Phi) is 4.24. The summed E-state index contributed by atoms with van der Waals surface area (Å²) in [5, 5.41) is 2.90. The van der Waals surface area contributed by atoms with Crippen LogP contribution in [0.2, 0.25) is 0 Å². The summed E-state index contributed by atoms with van der Waals surface area (Å²) in [5.41, 5.74) is 6.15. The van der Waals surface area contributed by atoms with E-state index < -0.39 is 0 Å². The van der Waals surface area contributed by atoms with Gasteiger partial charge in [0.25, 0.3) is 5.91 Å². The van der Waals surface area contributed by atoms with Gasteiger partial charge in [-0.15, -0.1) is 0 Å². The van der Waals surface area contributed by atoms with Crippen LogP contribution in [0.4, 0.5) is 0 Å². The molecule has 0 bridgehead atoms. The molecule has 4 nitrogen and oxygen atoms in total. The predicted octanol–water partition coefficient (Wildman–Crippen LogP) is 0.795. The number of rotatable bonds is 4. The second-order valence-corrected chi connectivity index (χ2v) is 3.71. The maximum absolute atomic E-state index is 11.7.